The summed E-state index contributed by atoms with van der Waals surface area (Å²) in [4.78, 5) is 10.7. The van der Waals surface area contributed by atoms with Gasteiger partial charge in [0.25, 0.3) is 0 Å². The Morgan fingerprint density at radius 1 is 1.24 bits per heavy atom. The van der Waals surface area contributed by atoms with Crippen LogP contribution in [0.15, 0.2) is 24.3 Å². The van der Waals surface area contributed by atoms with E-state index < -0.39 is 0 Å². The van der Waals surface area contributed by atoms with Crippen molar-refractivity contribution < 1.29 is 5.11 Å². The van der Waals surface area contributed by atoms with Gasteiger partial charge in [0.2, 0.25) is 0 Å². The van der Waals surface area contributed by atoms with Crippen LogP contribution in [0.25, 0.3) is 11.0 Å². The molecule has 0 saturated heterocycles. The summed E-state index contributed by atoms with van der Waals surface area (Å²) in [6, 6.07) is 7.60. The van der Waals surface area contributed by atoms with Crippen LogP contribution in [-0.2, 0) is 0 Å². The number of aliphatic hydroxyl groups excluding tert-OH is 1. The van der Waals surface area contributed by atoms with Gasteiger partial charge in [-0.2, -0.15) is 0 Å². The van der Waals surface area contributed by atoms with Crippen LogP contribution >= 0.6 is 0 Å². The van der Waals surface area contributed by atoms with Gasteiger partial charge in [-0.3, -0.25) is 0 Å². The average molecular weight is 232 g/mol. The van der Waals surface area contributed by atoms with E-state index in [4.69, 9.17) is 10.8 Å². The largest absolute Gasteiger partial charge is 0.395 e. The van der Waals surface area contributed by atoms with Gasteiger partial charge in [0.05, 0.1) is 17.6 Å². The van der Waals surface area contributed by atoms with Gasteiger partial charge in [-0.25, -0.2) is 9.97 Å². The lowest BCUT2D eigenvalue weighted by molar-refractivity contribution is 0.302. The first kappa shape index (κ1) is 11.6. The lowest BCUT2D eigenvalue weighted by Crippen LogP contribution is -2.28. The summed E-state index contributed by atoms with van der Waals surface area (Å²) in [5, 5.41) is 9.00. The number of para-hydroxylation sites is 2. The van der Waals surface area contributed by atoms with E-state index in [1.54, 1.807) is 0 Å². The first-order chi connectivity index (χ1) is 8.26. The predicted molar refractivity (Wildman–Crippen MR) is 68.9 cm³/mol. The van der Waals surface area contributed by atoms with E-state index in [0.717, 1.165) is 17.6 Å². The van der Waals surface area contributed by atoms with Gasteiger partial charge in [0.15, 0.2) is 11.6 Å². The number of benzene rings is 1. The maximum absolute atomic E-state index is 9.00. The molecule has 17 heavy (non-hydrogen) atoms. The van der Waals surface area contributed by atoms with Crippen molar-refractivity contribution in [2.75, 3.05) is 30.3 Å². The lowest BCUT2D eigenvalue weighted by atomic mass is 10.3. The minimum Gasteiger partial charge on any atom is -0.395 e. The fraction of sp³-hybridized carbons (Fsp3) is 0.333. The second-order valence-electron chi connectivity index (χ2n) is 3.72. The summed E-state index contributed by atoms with van der Waals surface area (Å²) >= 11 is 0. The zero-order chi connectivity index (χ0) is 12.3. The van der Waals surface area contributed by atoms with Crippen LogP contribution in [0.4, 0.5) is 11.6 Å². The molecule has 2 rings (SSSR count). The average Bonchev–Trinajstić information content (AvgIpc) is 2.35. The van der Waals surface area contributed by atoms with Crippen LogP contribution in [0.3, 0.4) is 0 Å². The zero-order valence-corrected chi connectivity index (χ0v) is 9.80. The number of hydrogen-bond donors (Lipinski definition) is 2. The Bertz CT molecular complexity index is 515. The highest BCUT2D eigenvalue weighted by molar-refractivity contribution is 5.79. The molecule has 1 aromatic heterocycles. The molecule has 3 N–H and O–H groups in total. The predicted octanol–water partition coefficient (Wildman–Crippen LogP) is 1.03. The van der Waals surface area contributed by atoms with Crippen LogP contribution < -0.4 is 10.6 Å². The summed E-state index contributed by atoms with van der Waals surface area (Å²) in [7, 11) is 0. The van der Waals surface area contributed by atoms with Gasteiger partial charge in [0.1, 0.15) is 0 Å². The Morgan fingerprint density at radius 2 is 1.88 bits per heavy atom. The van der Waals surface area contributed by atoms with Crippen molar-refractivity contribution in [1.82, 2.24) is 9.97 Å². The maximum atomic E-state index is 9.00. The number of nitrogen functional groups attached to an aromatic ring is 1. The number of fused-ring (bicyclic) bond motifs is 1. The Balaban J connectivity index is 2.49. The van der Waals surface area contributed by atoms with Gasteiger partial charge in [0, 0.05) is 13.1 Å². The fourth-order valence-corrected chi connectivity index (χ4v) is 1.77. The Hall–Kier alpha value is -1.88. The van der Waals surface area contributed by atoms with E-state index in [1.165, 1.54) is 0 Å². The quantitative estimate of drug-likeness (QED) is 0.823. The number of hydrogen-bond acceptors (Lipinski definition) is 5. The molecule has 0 aliphatic rings. The number of likely N-dealkylation sites (N-methyl/N-ethyl adjacent to an activating group) is 1. The van der Waals surface area contributed by atoms with Crippen molar-refractivity contribution >= 4 is 22.7 Å². The smallest absolute Gasteiger partial charge is 0.172 e. The summed E-state index contributed by atoms with van der Waals surface area (Å²) in [5.41, 5.74) is 7.50. The van der Waals surface area contributed by atoms with Gasteiger partial charge in [-0.15, -0.1) is 0 Å². The molecule has 5 heteroatoms. The minimum atomic E-state index is 0.0712. The maximum Gasteiger partial charge on any atom is 0.172 e. The first-order valence-electron chi connectivity index (χ1n) is 5.64. The normalized spacial score (nSPS) is 10.7. The molecule has 0 spiro atoms. The van der Waals surface area contributed by atoms with Gasteiger partial charge in [-0.05, 0) is 19.1 Å². The van der Waals surface area contributed by atoms with Crippen LogP contribution in [0.5, 0.6) is 0 Å². The van der Waals surface area contributed by atoms with Crippen LogP contribution in [-0.4, -0.2) is 34.8 Å². The topological polar surface area (TPSA) is 75.3 Å². The Morgan fingerprint density at radius 3 is 2.47 bits per heavy atom. The molecule has 1 heterocycles. The van der Waals surface area contributed by atoms with Crippen LogP contribution in [0, 0.1) is 0 Å². The molecule has 1 aromatic carbocycles. The van der Waals surface area contributed by atoms with Gasteiger partial charge < -0.3 is 15.7 Å². The fourth-order valence-electron chi connectivity index (χ4n) is 1.77. The molecule has 0 amide bonds. The SMILES string of the molecule is CCN(CCO)c1nc2ccccc2nc1N. The third-order valence-corrected chi connectivity index (χ3v) is 2.63. The van der Waals surface area contributed by atoms with E-state index in [9.17, 15) is 0 Å². The summed E-state index contributed by atoms with van der Waals surface area (Å²) in [6.45, 7) is 3.30. The molecule has 0 aliphatic heterocycles. The molecule has 0 saturated carbocycles. The molecule has 0 aliphatic carbocycles. The number of anilines is 2. The number of aromatic nitrogens is 2. The Labute approximate surface area is 99.9 Å². The molecular formula is C12H16N4O. The van der Waals surface area contributed by atoms with Crippen molar-refractivity contribution in [3.8, 4) is 0 Å². The molecule has 0 bridgehead atoms. The van der Waals surface area contributed by atoms with Gasteiger partial charge in [-0.1, -0.05) is 12.1 Å². The molecule has 5 nitrogen and oxygen atoms in total. The molecule has 2 aromatic rings. The van der Waals surface area contributed by atoms with Crippen molar-refractivity contribution in [2.45, 2.75) is 6.92 Å². The highest BCUT2D eigenvalue weighted by atomic mass is 16.3. The Kier molecular flexibility index (Phi) is 3.39. The second kappa shape index (κ2) is 4.97. The van der Waals surface area contributed by atoms with E-state index >= 15 is 0 Å². The van der Waals surface area contributed by atoms with E-state index in [0.29, 0.717) is 18.2 Å². The summed E-state index contributed by atoms with van der Waals surface area (Å²) < 4.78 is 0. The van der Waals surface area contributed by atoms with Crippen LogP contribution in [0.1, 0.15) is 6.92 Å². The van der Waals surface area contributed by atoms with E-state index in [1.807, 2.05) is 36.1 Å². The minimum absolute atomic E-state index is 0.0712. The standard InChI is InChI=1S/C12H16N4O/c1-2-16(7-8-17)12-11(13)14-9-5-3-4-6-10(9)15-12/h3-6,17H,2,7-8H2,1H3,(H2,13,14). The first-order valence-corrected chi connectivity index (χ1v) is 5.64. The molecular weight excluding hydrogens is 216 g/mol. The lowest BCUT2D eigenvalue weighted by Gasteiger charge is -2.21. The summed E-state index contributed by atoms with van der Waals surface area (Å²) in [5.74, 6) is 1.04. The van der Waals surface area contributed by atoms with E-state index in [-0.39, 0.29) is 6.61 Å². The highest BCUT2D eigenvalue weighted by Gasteiger charge is 2.11. The molecule has 0 atom stereocenters. The molecule has 90 valence electrons. The third-order valence-electron chi connectivity index (χ3n) is 2.63. The highest BCUT2D eigenvalue weighted by Crippen LogP contribution is 2.21. The van der Waals surface area contributed by atoms with E-state index in [2.05, 4.69) is 9.97 Å². The number of rotatable bonds is 4. The van der Waals surface area contributed by atoms with Crippen LogP contribution in [0.2, 0.25) is 0 Å². The van der Waals surface area contributed by atoms with Gasteiger partial charge >= 0.3 is 0 Å². The summed E-state index contributed by atoms with van der Waals surface area (Å²) in [6.07, 6.45) is 0. The molecule has 0 fully saturated rings. The second-order valence-corrected chi connectivity index (χ2v) is 3.72. The third kappa shape index (κ3) is 2.29. The van der Waals surface area contributed by atoms with Crippen molar-refractivity contribution in [3.05, 3.63) is 24.3 Å². The van der Waals surface area contributed by atoms with Crippen molar-refractivity contribution in [1.29, 1.82) is 0 Å². The zero-order valence-electron chi connectivity index (χ0n) is 9.80. The number of nitrogens with two attached hydrogens (primary N) is 1. The number of aliphatic hydroxyl groups is 1. The molecule has 0 radical (unpaired) electrons. The van der Waals surface area contributed by atoms with Crippen molar-refractivity contribution in [2.24, 2.45) is 0 Å². The number of nitrogens with zero attached hydrogens (tertiary/aromatic N) is 3. The molecule has 0 unspecified atom stereocenters. The van der Waals surface area contributed by atoms with Crippen molar-refractivity contribution in [3.63, 3.8) is 0 Å². The monoisotopic (exact) mass is 232 g/mol.